The lowest BCUT2D eigenvalue weighted by Gasteiger charge is -2.53. The monoisotopic (exact) mass is 592 g/mol. The van der Waals surface area contributed by atoms with E-state index >= 15 is 0 Å². The Bertz CT molecular complexity index is 1240. The summed E-state index contributed by atoms with van der Waals surface area (Å²) >= 11 is 0. The van der Waals surface area contributed by atoms with Gasteiger partial charge in [-0.3, -0.25) is 0 Å². The summed E-state index contributed by atoms with van der Waals surface area (Å²) < 4.78 is 31.7. The first-order valence-corrected chi connectivity index (χ1v) is 15.7. The number of hydrogen-bond acceptors (Lipinski definition) is 7. The molecule has 1 saturated carbocycles. The van der Waals surface area contributed by atoms with Crippen LogP contribution >= 0.6 is 0 Å². The lowest BCUT2D eigenvalue weighted by molar-refractivity contribution is -0.00125. The van der Waals surface area contributed by atoms with E-state index in [2.05, 4.69) is 27.3 Å². The van der Waals surface area contributed by atoms with Crippen LogP contribution in [0.5, 0.6) is 5.75 Å². The molecular formula is C34H45FN4O4. The van der Waals surface area contributed by atoms with Gasteiger partial charge in [0.05, 0.1) is 18.7 Å². The van der Waals surface area contributed by atoms with Crippen LogP contribution < -0.4 is 10.1 Å². The topological polar surface area (TPSA) is 87.1 Å². The first-order chi connectivity index (χ1) is 20.9. The molecule has 0 radical (unpaired) electrons. The predicted molar refractivity (Wildman–Crippen MR) is 162 cm³/mol. The Morgan fingerprint density at radius 1 is 1.05 bits per heavy atom. The van der Waals surface area contributed by atoms with Crippen molar-refractivity contribution in [2.45, 2.75) is 56.1 Å². The van der Waals surface area contributed by atoms with Gasteiger partial charge in [0.15, 0.2) is 0 Å². The summed E-state index contributed by atoms with van der Waals surface area (Å²) in [5.74, 6) is 1.05. The SMILES string of the molecule is COC(=O)N[C@H]1CCC[C@@H]1[C@](CN1CCC1)(c1cccc(F)c1)C1CCN(CC(COc2ccc(C#N)cc2)OC)CC1. The molecule has 9 heteroatoms. The molecular weight excluding hydrogens is 547 g/mol. The van der Waals surface area contributed by atoms with Gasteiger partial charge < -0.3 is 29.3 Å². The van der Waals surface area contributed by atoms with Gasteiger partial charge in [0.1, 0.15) is 24.3 Å². The fraction of sp³-hybridized carbons (Fsp3) is 0.588. The second kappa shape index (κ2) is 14.5. The number of piperidine rings is 1. The molecule has 1 aliphatic carbocycles. The fourth-order valence-corrected chi connectivity index (χ4v) is 7.67. The number of alkyl carbamates (subject to hydrolysis) is 1. The Hall–Kier alpha value is -3.19. The number of hydrogen-bond donors (Lipinski definition) is 1. The van der Waals surface area contributed by atoms with Crippen LogP contribution in [0.3, 0.4) is 0 Å². The van der Waals surface area contributed by atoms with Crippen LogP contribution in [0.2, 0.25) is 0 Å². The number of ether oxygens (including phenoxy) is 3. The van der Waals surface area contributed by atoms with Gasteiger partial charge in [-0.25, -0.2) is 9.18 Å². The molecule has 2 aromatic rings. The van der Waals surface area contributed by atoms with Gasteiger partial charge in [-0.1, -0.05) is 18.6 Å². The third-order valence-corrected chi connectivity index (χ3v) is 9.99. The van der Waals surface area contributed by atoms with Gasteiger partial charge in [0.25, 0.3) is 0 Å². The number of rotatable bonds is 12. The van der Waals surface area contributed by atoms with Crippen LogP contribution in [0.4, 0.5) is 9.18 Å². The number of amides is 1. The number of methoxy groups -OCH3 is 2. The molecule has 3 fully saturated rings. The number of carbonyl (C=O) groups is 1. The highest BCUT2D eigenvalue weighted by Crippen LogP contribution is 2.51. The van der Waals surface area contributed by atoms with Crippen molar-refractivity contribution in [2.24, 2.45) is 11.8 Å². The van der Waals surface area contributed by atoms with Gasteiger partial charge in [-0.05, 0) is 112 Å². The zero-order valence-corrected chi connectivity index (χ0v) is 25.5. The van der Waals surface area contributed by atoms with Crippen molar-refractivity contribution >= 4 is 6.09 Å². The molecule has 2 aromatic carbocycles. The highest BCUT2D eigenvalue weighted by Gasteiger charge is 2.53. The summed E-state index contributed by atoms with van der Waals surface area (Å²) in [6.45, 7) is 6.02. The van der Waals surface area contributed by atoms with Crippen LogP contribution in [0.1, 0.15) is 49.7 Å². The molecule has 0 bridgehead atoms. The number of nitrogens with one attached hydrogen (secondary N) is 1. The molecule has 1 N–H and O–H groups in total. The van der Waals surface area contributed by atoms with Crippen molar-refractivity contribution in [1.82, 2.24) is 15.1 Å². The lowest BCUT2D eigenvalue weighted by atomic mass is 9.57. The second-order valence-electron chi connectivity index (χ2n) is 12.3. The van der Waals surface area contributed by atoms with E-state index in [0.717, 1.165) is 82.7 Å². The van der Waals surface area contributed by atoms with Crippen molar-refractivity contribution < 1.29 is 23.4 Å². The van der Waals surface area contributed by atoms with Gasteiger partial charge in [0, 0.05) is 31.7 Å². The Morgan fingerprint density at radius 3 is 2.44 bits per heavy atom. The Morgan fingerprint density at radius 2 is 1.81 bits per heavy atom. The van der Waals surface area contributed by atoms with E-state index in [-0.39, 0.29) is 29.3 Å². The molecule has 0 aromatic heterocycles. The van der Waals surface area contributed by atoms with Crippen LogP contribution in [0.15, 0.2) is 48.5 Å². The number of likely N-dealkylation sites (tertiary alicyclic amines) is 2. The molecule has 2 heterocycles. The van der Waals surface area contributed by atoms with Crippen molar-refractivity contribution in [1.29, 1.82) is 5.26 Å². The number of benzene rings is 2. The molecule has 8 nitrogen and oxygen atoms in total. The minimum absolute atomic E-state index is 0.00716. The maximum absolute atomic E-state index is 14.9. The zero-order valence-electron chi connectivity index (χ0n) is 25.5. The number of halogens is 1. The average molecular weight is 593 g/mol. The maximum Gasteiger partial charge on any atom is 0.407 e. The highest BCUT2D eigenvalue weighted by molar-refractivity contribution is 5.67. The van der Waals surface area contributed by atoms with E-state index < -0.39 is 6.09 Å². The molecule has 3 aliphatic rings. The third kappa shape index (κ3) is 7.31. The van der Waals surface area contributed by atoms with Crippen molar-refractivity contribution in [2.75, 3.05) is 60.1 Å². The first-order valence-electron chi connectivity index (χ1n) is 15.7. The van der Waals surface area contributed by atoms with Crippen molar-refractivity contribution in [3.05, 3.63) is 65.5 Å². The number of carbonyl (C=O) groups excluding carboxylic acids is 1. The quantitative estimate of drug-likeness (QED) is 0.372. The van der Waals surface area contributed by atoms with E-state index in [0.29, 0.717) is 18.1 Å². The van der Waals surface area contributed by atoms with E-state index in [1.54, 1.807) is 25.3 Å². The summed E-state index contributed by atoms with van der Waals surface area (Å²) in [6, 6.07) is 16.5. The Labute approximate surface area is 255 Å². The van der Waals surface area contributed by atoms with E-state index in [1.165, 1.54) is 19.6 Å². The normalized spacial score (nSPS) is 23.5. The lowest BCUT2D eigenvalue weighted by Crippen LogP contribution is -2.59. The largest absolute Gasteiger partial charge is 0.491 e. The smallest absolute Gasteiger partial charge is 0.407 e. The summed E-state index contributed by atoms with van der Waals surface area (Å²) in [7, 11) is 3.13. The van der Waals surface area contributed by atoms with E-state index in [1.807, 2.05) is 18.2 Å². The summed E-state index contributed by atoms with van der Waals surface area (Å²) in [5.41, 5.74) is 1.38. The van der Waals surface area contributed by atoms with Gasteiger partial charge in [-0.15, -0.1) is 0 Å². The molecule has 2 aliphatic heterocycles. The Balaban J connectivity index is 1.33. The third-order valence-electron chi connectivity index (χ3n) is 9.99. The molecule has 1 amide bonds. The van der Waals surface area contributed by atoms with Gasteiger partial charge in [0.2, 0.25) is 0 Å². The van der Waals surface area contributed by atoms with Crippen molar-refractivity contribution in [3.63, 3.8) is 0 Å². The number of nitrogens with zero attached hydrogens (tertiary/aromatic N) is 3. The standard InChI is InChI=1S/C34H45FN4O4/c1-41-30(23-43-29-12-10-25(21-36)11-13-29)22-38-18-14-26(15-19-38)34(24-39-16-5-17-39,27-6-3-7-28(35)20-27)31-8-4-9-32(31)37-33(40)42-2/h3,6-7,10-13,20,26,30-32H,4-5,8-9,14-19,22-24H2,1-2H3,(H,37,40)/t30?,31-,32-,34-/m0/s1. The molecule has 0 spiro atoms. The minimum atomic E-state index is -0.391. The summed E-state index contributed by atoms with van der Waals surface area (Å²) in [5, 5.41) is 12.2. The van der Waals surface area contributed by atoms with E-state index in [4.69, 9.17) is 19.5 Å². The highest BCUT2D eigenvalue weighted by atomic mass is 19.1. The molecule has 4 atom stereocenters. The second-order valence-corrected chi connectivity index (χ2v) is 12.3. The predicted octanol–water partition coefficient (Wildman–Crippen LogP) is 4.97. The van der Waals surface area contributed by atoms with Crippen LogP contribution in [0, 0.1) is 29.0 Å². The first kappa shape index (κ1) is 31.2. The molecule has 1 unspecified atom stereocenters. The Kier molecular flexibility index (Phi) is 10.6. The molecule has 43 heavy (non-hydrogen) atoms. The minimum Gasteiger partial charge on any atom is -0.491 e. The average Bonchev–Trinajstić information content (AvgIpc) is 3.48. The summed E-state index contributed by atoms with van der Waals surface area (Å²) in [4.78, 5) is 17.4. The molecule has 2 saturated heterocycles. The van der Waals surface area contributed by atoms with E-state index in [9.17, 15) is 9.18 Å². The maximum atomic E-state index is 14.9. The summed E-state index contributed by atoms with van der Waals surface area (Å²) in [6.07, 6.45) is 5.61. The number of nitriles is 1. The van der Waals surface area contributed by atoms with Crippen molar-refractivity contribution in [3.8, 4) is 11.8 Å². The zero-order chi connectivity index (χ0) is 30.2. The van der Waals surface area contributed by atoms with Crippen LogP contribution in [0.25, 0.3) is 0 Å². The molecule has 232 valence electrons. The molecule has 5 rings (SSSR count). The fourth-order valence-electron chi connectivity index (χ4n) is 7.67. The van der Waals surface area contributed by atoms with Crippen LogP contribution in [-0.2, 0) is 14.9 Å². The van der Waals surface area contributed by atoms with Crippen LogP contribution in [-0.4, -0.2) is 88.1 Å². The van der Waals surface area contributed by atoms with Gasteiger partial charge in [-0.2, -0.15) is 5.26 Å². The van der Waals surface area contributed by atoms with Gasteiger partial charge >= 0.3 is 6.09 Å².